The van der Waals surface area contributed by atoms with Gasteiger partial charge in [0.05, 0.1) is 12.8 Å². The third kappa shape index (κ3) is 6.12. The van der Waals surface area contributed by atoms with E-state index in [1.54, 1.807) is 25.7 Å². The van der Waals surface area contributed by atoms with E-state index in [0.29, 0.717) is 26.2 Å². The van der Waals surface area contributed by atoms with Gasteiger partial charge < -0.3 is 20.2 Å². The molecular formula is C12H27N2O7P2+. The first-order valence-corrected chi connectivity index (χ1v) is 10.3. The van der Waals surface area contributed by atoms with Crippen LogP contribution in [0.4, 0.5) is 0 Å². The third-order valence-corrected chi connectivity index (χ3v) is 5.42. The standard InChI is InChI=1S/C12H26N2O7P2/c1-11(2,3)12(10-23(17,18)19,14-6-4-13-5-7-14)21-22(16)20-9-8-15/h13,15H,4-10H2,1-3H3,(H-,17,18,19)/p+1. The fourth-order valence-electron chi connectivity index (χ4n) is 2.61. The SMILES string of the molecule is CC(C)(C)C(CP(=O)(O)O)(O[P+](=O)OCCO)N1CCNCC1. The molecule has 23 heavy (non-hydrogen) atoms. The van der Waals surface area contributed by atoms with Crippen molar-refractivity contribution in [3.05, 3.63) is 0 Å². The van der Waals surface area contributed by atoms with Crippen molar-refractivity contribution in [2.75, 3.05) is 45.6 Å². The van der Waals surface area contributed by atoms with Crippen LogP contribution < -0.4 is 5.32 Å². The molecule has 0 radical (unpaired) electrons. The zero-order chi connectivity index (χ0) is 17.7. The van der Waals surface area contributed by atoms with E-state index < -0.39 is 33.2 Å². The number of piperazine rings is 1. The average molecular weight is 373 g/mol. The van der Waals surface area contributed by atoms with Gasteiger partial charge in [0.25, 0.3) is 0 Å². The Labute approximate surface area is 137 Å². The van der Waals surface area contributed by atoms with E-state index in [-0.39, 0.29) is 13.2 Å². The van der Waals surface area contributed by atoms with Gasteiger partial charge in [-0.2, -0.15) is 0 Å². The number of rotatable bonds is 8. The molecule has 1 fully saturated rings. The van der Waals surface area contributed by atoms with Crippen molar-refractivity contribution in [3.63, 3.8) is 0 Å². The lowest BCUT2D eigenvalue weighted by atomic mass is 9.82. The van der Waals surface area contributed by atoms with Crippen molar-refractivity contribution < 1.29 is 33.1 Å². The summed E-state index contributed by atoms with van der Waals surface area (Å²) in [6.45, 7) is 7.11. The van der Waals surface area contributed by atoms with Gasteiger partial charge >= 0.3 is 15.9 Å². The number of hydrogen-bond donors (Lipinski definition) is 4. The minimum absolute atomic E-state index is 0.174. The number of aliphatic hydroxyl groups is 1. The molecule has 136 valence electrons. The second-order valence-electron chi connectivity index (χ2n) is 6.47. The highest BCUT2D eigenvalue weighted by Crippen LogP contribution is 2.52. The van der Waals surface area contributed by atoms with Crippen LogP contribution in [0.15, 0.2) is 0 Å². The van der Waals surface area contributed by atoms with Crippen molar-refractivity contribution in [1.82, 2.24) is 10.2 Å². The molecular weight excluding hydrogens is 346 g/mol. The Morgan fingerprint density at radius 1 is 1.26 bits per heavy atom. The predicted octanol–water partition coefficient (Wildman–Crippen LogP) is 0.495. The maximum absolute atomic E-state index is 12.1. The average Bonchev–Trinajstić information content (AvgIpc) is 2.42. The molecule has 0 aliphatic carbocycles. The second-order valence-corrected chi connectivity index (χ2v) is 9.00. The van der Waals surface area contributed by atoms with E-state index in [0.717, 1.165) is 0 Å². The Morgan fingerprint density at radius 3 is 2.26 bits per heavy atom. The summed E-state index contributed by atoms with van der Waals surface area (Å²) in [5, 5.41) is 11.9. The molecule has 1 aliphatic heterocycles. The van der Waals surface area contributed by atoms with Crippen molar-refractivity contribution in [2.24, 2.45) is 5.41 Å². The zero-order valence-corrected chi connectivity index (χ0v) is 15.6. The molecule has 2 atom stereocenters. The molecule has 0 amide bonds. The minimum Gasteiger partial charge on any atom is -0.394 e. The monoisotopic (exact) mass is 373 g/mol. The van der Waals surface area contributed by atoms with Crippen LogP contribution in [0, 0.1) is 5.41 Å². The fourth-order valence-corrected chi connectivity index (χ4v) is 4.99. The summed E-state index contributed by atoms with van der Waals surface area (Å²) < 4.78 is 34.3. The molecule has 1 rings (SSSR count). The van der Waals surface area contributed by atoms with Crippen LogP contribution in [0.25, 0.3) is 0 Å². The quantitative estimate of drug-likeness (QED) is 0.449. The fraction of sp³-hybridized carbons (Fsp3) is 1.00. The molecule has 4 N–H and O–H groups in total. The first kappa shape index (κ1) is 21.1. The molecule has 0 bridgehead atoms. The normalized spacial score (nSPS) is 21.0. The Hall–Kier alpha value is 0.0500. The van der Waals surface area contributed by atoms with Gasteiger partial charge in [-0.25, -0.2) is 0 Å². The van der Waals surface area contributed by atoms with Crippen LogP contribution in [0.5, 0.6) is 0 Å². The largest absolute Gasteiger partial charge is 0.699 e. The Balaban J connectivity index is 3.17. The van der Waals surface area contributed by atoms with Gasteiger partial charge in [0.1, 0.15) is 6.61 Å². The summed E-state index contributed by atoms with van der Waals surface area (Å²) in [4.78, 5) is 20.9. The van der Waals surface area contributed by atoms with Gasteiger partial charge in [-0.1, -0.05) is 25.3 Å². The van der Waals surface area contributed by atoms with Crippen LogP contribution >= 0.6 is 15.9 Å². The van der Waals surface area contributed by atoms with E-state index in [1.807, 2.05) is 0 Å². The van der Waals surface area contributed by atoms with Gasteiger partial charge in [-0.15, -0.1) is 4.52 Å². The first-order valence-electron chi connectivity index (χ1n) is 7.42. The lowest BCUT2D eigenvalue weighted by molar-refractivity contribution is -0.149. The molecule has 1 saturated heterocycles. The lowest BCUT2D eigenvalue weighted by Gasteiger charge is -2.48. The third-order valence-electron chi connectivity index (χ3n) is 3.73. The lowest BCUT2D eigenvalue weighted by Crippen LogP contribution is -2.64. The molecule has 9 nitrogen and oxygen atoms in total. The van der Waals surface area contributed by atoms with Crippen molar-refractivity contribution in [1.29, 1.82) is 0 Å². The smallest absolute Gasteiger partial charge is 0.394 e. The van der Waals surface area contributed by atoms with Crippen LogP contribution in [0.2, 0.25) is 0 Å². The summed E-state index contributed by atoms with van der Waals surface area (Å²) in [7, 11) is -7.08. The zero-order valence-electron chi connectivity index (χ0n) is 13.8. The maximum atomic E-state index is 12.1. The van der Waals surface area contributed by atoms with Crippen molar-refractivity contribution in [2.45, 2.75) is 26.5 Å². The van der Waals surface area contributed by atoms with Crippen LogP contribution in [0.3, 0.4) is 0 Å². The minimum atomic E-state index is -4.45. The maximum Gasteiger partial charge on any atom is 0.699 e. The van der Waals surface area contributed by atoms with E-state index >= 15 is 0 Å². The van der Waals surface area contributed by atoms with E-state index in [9.17, 15) is 18.9 Å². The molecule has 0 saturated carbocycles. The number of nitrogens with one attached hydrogen (secondary N) is 1. The summed E-state index contributed by atoms with van der Waals surface area (Å²) >= 11 is 0. The molecule has 0 spiro atoms. The van der Waals surface area contributed by atoms with Crippen molar-refractivity contribution >= 4 is 15.9 Å². The van der Waals surface area contributed by atoms with Gasteiger partial charge in [0.2, 0.25) is 0 Å². The summed E-state index contributed by atoms with van der Waals surface area (Å²) in [5.74, 6) is 0. The topological polar surface area (TPSA) is 129 Å². The van der Waals surface area contributed by atoms with Gasteiger partial charge in [0.15, 0.2) is 5.72 Å². The van der Waals surface area contributed by atoms with Crippen LogP contribution in [-0.4, -0.2) is 71.1 Å². The van der Waals surface area contributed by atoms with Crippen molar-refractivity contribution in [3.8, 4) is 0 Å². The van der Waals surface area contributed by atoms with Crippen LogP contribution in [0.1, 0.15) is 20.8 Å². The molecule has 1 aliphatic rings. The highest BCUT2D eigenvalue weighted by molar-refractivity contribution is 7.51. The van der Waals surface area contributed by atoms with E-state index in [4.69, 9.17) is 14.2 Å². The summed E-state index contributed by atoms with van der Waals surface area (Å²) in [6.07, 6.45) is -0.590. The van der Waals surface area contributed by atoms with Crippen LogP contribution in [-0.2, 0) is 18.2 Å². The van der Waals surface area contributed by atoms with Gasteiger partial charge in [0, 0.05) is 36.2 Å². The molecule has 1 heterocycles. The predicted molar refractivity (Wildman–Crippen MR) is 85.3 cm³/mol. The molecule has 11 heteroatoms. The van der Waals surface area contributed by atoms with Gasteiger partial charge in [-0.3, -0.25) is 9.46 Å². The Bertz CT molecular complexity index is 445. The number of nitrogens with zero attached hydrogens (tertiary/aromatic N) is 1. The van der Waals surface area contributed by atoms with E-state index in [1.165, 1.54) is 0 Å². The number of hydrogen-bond acceptors (Lipinski definition) is 7. The molecule has 0 aromatic rings. The summed E-state index contributed by atoms with van der Waals surface area (Å²) in [6, 6.07) is 0. The highest BCUT2D eigenvalue weighted by atomic mass is 31.2. The summed E-state index contributed by atoms with van der Waals surface area (Å²) in [5.41, 5.74) is -2.18. The molecule has 2 unspecified atom stereocenters. The Kier molecular flexibility index (Phi) is 7.73. The molecule has 0 aromatic carbocycles. The number of aliphatic hydroxyl groups excluding tert-OH is 1. The van der Waals surface area contributed by atoms with Gasteiger partial charge in [-0.05, 0) is 0 Å². The first-order chi connectivity index (χ1) is 10.5. The Morgan fingerprint density at radius 2 is 1.83 bits per heavy atom. The molecule has 0 aromatic heterocycles. The highest BCUT2D eigenvalue weighted by Gasteiger charge is 2.58. The second kappa shape index (κ2) is 8.43. The van der Waals surface area contributed by atoms with E-state index in [2.05, 4.69) is 5.32 Å².